The van der Waals surface area contributed by atoms with Crippen LogP contribution < -0.4 is 0 Å². The highest BCUT2D eigenvalue weighted by Crippen LogP contribution is 2.40. The van der Waals surface area contributed by atoms with Crippen molar-refractivity contribution < 1.29 is 9.18 Å². The van der Waals surface area contributed by atoms with Crippen LogP contribution in [0.5, 0.6) is 0 Å². The maximum Gasteiger partial charge on any atom is 0.234 e. The summed E-state index contributed by atoms with van der Waals surface area (Å²) in [5.41, 5.74) is 0.584. The average molecular weight is 378 g/mol. The Hall–Kier alpha value is -1.54. The van der Waals surface area contributed by atoms with Gasteiger partial charge in [0.2, 0.25) is 5.91 Å². The molecule has 1 unspecified atom stereocenters. The Balaban J connectivity index is 1.45. The van der Waals surface area contributed by atoms with Crippen molar-refractivity contribution in [2.45, 2.75) is 36.3 Å². The number of aryl methyl sites for hydroxylation is 1. The topological polar surface area (TPSA) is 51.0 Å². The molecule has 0 radical (unpaired) electrons. The van der Waals surface area contributed by atoms with Crippen LogP contribution in [0.3, 0.4) is 0 Å². The first-order valence-corrected chi connectivity index (χ1v) is 10.4. The molecule has 1 amide bonds. The van der Waals surface area contributed by atoms with Crippen LogP contribution in [-0.2, 0) is 4.79 Å². The monoisotopic (exact) mass is 378 g/mol. The summed E-state index contributed by atoms with van der Waals surface area (Å²) in [4.78, 5) is 14.5. The molecular formula is C17H19FN4OS2. The van der Waals surface area contributed by atoms with Crippen LogP contribution in [0.2, 0.25) is 0 Å². The third kappa shape index (κ3) is 3.42. The minimum Gasteiger partial charge on any atom is -0.325 e. The Morgan fingerprint density at radius 2 is 2.16 bits per heavy atom. The fourth-order valence-corrected chi connectivity index (χ4v) is 5.31. The van der Waals surface area contributed by atoms with Gasteiger partial charge in [0, 0.05) is 23.9 Å². The highest BCUT2D eigenvalue weighted by atomic mass is 32.2. The zero-order chi connectivity index (χ0) is 17.4. The second-order valence-electron chi connectivity index (χ2n) is 6.25. The van der Waals surface area contributed by atoms with Gasteiger partial charge in [-0.1, -0.05) is 30.0 Å². The third-order valence-corrected chi connectivity index (χ3v) is 6.62. The maximum atomic E-state index is 14.1. The summed E-state index contributed by atoms with van der Waals surface area (Å²) in [7, 11) is 0. The van der Waals surface area contributed by atoms with Gasteiger partial charge in [0.1, 0.15) is 17.0 Å². The Morgan fingerprint density at radius 3 is 2.92 bits per heavy atom. The zero-order valence-electron chi connectivity index (χ0n) is 13.9. The Bertz CT molecular complexity index is 793. The molecule has 0 N–H and O–H groups in total. The van der Waals surface area contributed by atoms with Crippen LogP contribution >= 0.6 is 23.5 Å². The van der Waals surface area contributed by atoms with Crippen molar-refractivity contribution in [3.63, 3.8) is 0 Å². The minimum absolute atomic E-state index is 0.0197. The van der Waals surface area contributed by atoms with Gasteiger partial charge >= 0.3 is 0 Å². The van der Waals surface area contributed by atoms with Gasteiger partial charge in [-0.25, -0.2) is 4.39 Å². The maximum absolute atomic E-state index is 14.1. The van der Waals surface area contributed by atoms with E-state index in [1.54, 1.807) is 28.8 Å². The van der Waals surface area contributed by atoms with E-state index in [9.17, 15) is 9.18 Å². The molecule has 1 saturated carbocycles. The van der Waals surface area contributed by atoms with E-state index in [2.05, 4.69) is 14.8 Å². The second-order valence-corrected chi connectivity index (χ2v) is 8.38. The van der Waals surface area contributed by atoms with Crippen molar-refractivity contribution in [3.05, 3.63) is 41.5 Å². The van der Waals surface area contributed by atoms with E-state index < -0.39 is 0 Å². The number of hydrogen-bond donors (Lipinski definition) is 0. The molecule has 1 aliphatic heterocycles. The van der Waals surface area contributed by atoms with E-state index in [0.29, 0.717) is 23.9 Å². The molecule has 1 aromatic carbocycles. The van der Waals surface area contributed by atoms with Crippen LogP contribution in [0, 0.1) is 12.7 Å². The normalized spacial score (nSPS) is 20.2. The molecule has 4 rings (SSSR count). The number of benzene rings is 1. The molecule has 2 aliphatic rings. The average Bonchev–Trinajstić information content (AvgIpc) is 3.19. The van der Waals surface area contributed by atoms with Crippen molar-refractivity contribution in [1.29, 1.82) is 0 Å². The predicted octanol–water partition coefficient (Wildman–Crippen LogP) is 3.43. The van der Waals surface area contributed by atoms with Gasteiger partial charge in [0.05, 0.1) is 5.75 Å². The summed E-state index contributed by atoms with van der Waals surface area (Å²) < 4.78 is 16.2. The summed E-state index contributed by atoms with van der Waals surface area (Å²) in [5, 5.41) is 8.92. The molecule has 25 heavy (non-hydrogen) atoms. The molecule has 1 aromatic heterocycles. The summed E-state index contributed by atoms with van der Waals surface area (Å²) in [5.74, 6) is 1.80. The van der Waals surface area contributed by atoms with Crippen molar-refractivity contribution in [2.75, 3.05) is 18.1 Å². The largest absolute Gasteiger partial charge is 0.325 e. The molecule has 5 nitrogen and oxygen atoms in total. The minimum atomic E-state index is -0.253. The standard InChI is InChI=1S/C17H19FN4OS2/c1-11-19-20-17(22(11)12-6-7-12)25-10-15(23)21-8-9-24-16(21)13-4-2-3-5-14(13)18/h2-5,12,16H,6-10H2,1H3. The molecule has 132 valence electrons. The Labute approximate surface area is 154 Å². The van der Waals surface area contributed by atoms with Gasteiger partial charge in [-0.3, -0.25) is 4.79 Å². The summed E-state index contributed by atoms with van der Waals surface area (Å²) in [6, 6.07) is 7.19. The van der Waals surface area contributed by atoms with Crippen LogP contribution in [-0.4, -0.2) is 43.6 Å². The van der Waals surface area contributed by atoms with Gasteiger partial charge < -0.3 is 9.47 Å². The fraction of sp³-hybridized carbons (Fsp3) is 0.471. The zero-order valence-corrected chi connectivity index (χ0v) is 15.5. The van der Waals surface area contributed by atoms with E-state index in [1.807, 2.05) is 13.0 Å². The van der Waals surface area contributed by atoms with Gasteiger partial charge in [0.25, 0.3) is 0 Å². The first-order chi connectivity index (χ1) is 12.1. The van der Waals surface area contributed by atoms with Gasteiger partial charge in [-0.15, -0.1) is 22.0 Å². The van der Waals surface area contributed by atoms with Crippen molar-refractivity contribution in [3.8, 4) is 0 Å². The smallest absolute Gasteiger partial charge is 0.234 e. The lowest BCUT2D eigenvalue weighted by Crippen LogP contribution is -2.32. The second kappa shape index (κ2) is 6.99. The molecule has 0 bridgehead atoms. The van der Waals surface area contributed by atoms with E-state index in [-0.39, 0.29) is 17.1 Å². The molecule has 0 spiro atoms. The summed E-state index contributed by atoms with van der Waals surface area (Å²) in [6.45, 7) is 2.60. The van der Waals surface area contributed by atoms with Gasteiger partial charge in [-0.05, 0) is 25.8 Å². The first kappa shape index (κ1) is 16.9. The third-order valence-electron chi connectivity index (χ3n) is 4.45. The van der Waals surface area contributed by atoms with Crippen molar-refractivity contribution in [1.82, 2.24) is 19.7 Å². The Kier molecular flexibility index (Phi) is 4.73. The molecule has 2 heterocycles. The van der Waals surface area contributed by atoms with Crippen LogP contribution in [0.25, 0.3) is 0 Å². The van der Waals surface area contributed by atoms with E-state index in [0.717, 1.165) is 29.6 Å². The number of carbonyl (C=O) groups excluding carboxylic acids is 1. The SMILES string of the molecule is Cc1nnc(SCC(=O)N2CCSC2c2ccccc2F)n1C1CC1. The van der Waals surface area contributed by atoms with Crippen LogP contribution in [0.1, 0.15) is 35.6 Å². The molecule has 1 aliphatic carbocycles. The quantitative estimate of drug-likeness (QED) is 0.746. The summed E-state index contributed by atoms with van der Waals surface area (Å²) >= 11 is 3.04. The first-order valence-electron chi connectivity index (χ1n) is 8.35. The summed E-state index contributed by atoms with van der Waals surface area (Å²) in [6.07, 6.45) is 2.30. The predicted molar refractivity (Wildman–Crippen MR) is 97.1 cm³/mol. The van der Waals surface area contributed by atoms with Gasteiger partial charge in [-0.2, -0.15) is 0 Å². The molecule has 8 heteroatoms. The highest BCUT2D eigenvalue weighted by molar-refractivity contribution is 8.00. The number of hydrogen-bond acceptors (Lipinski definition) is 5. The van der Waals surface area contributed by atoms with Gasteiger partial charge in [0.15, 0.2) is 5.16 Å². The highest BCUT2D eigenvalue weighted by Gasteiger charge is 2.33. The number of rotatable bonds is 5. The molecule has 1 saturated heterocycles. The molecular weight excluding hydrogens is 359 g/mol. The van der Waals surface area contributed by atoms with Crippen molar-refractivity contribution >= 4 is 29.4 Å². The fourth-order valence-electron chi connectivity index (χ4n) is 3.07. The van der Waals surface area contributed by atoms with Crippen LogP contribution in [0.4, 0.5) is 4.39 Å². The lowest BCUT2D eigenvalue weighted by molar-refractivity contribution is -0.128. The van der Waals surface area contributed by atoms with E-state index in [4.69, 9.17) is 0 Å². The lowest BCUT2D eigenvalue weighted by atomic mass is 10.2. The Morgan fingerprint density at radius 1 is 1.36 bits per heavy atom. The number of amides is 1. The molecule has 2 fully saturated rings. The number of halogens is 1. The number of thioether (sulfide) groups is 2. The number of nitrogens with zero attached hydrogens (tertiary/aromatic N) is 4. The lowest BCUT2D eigenvalue weighted by Gasteiger charge is -2.24. The van der Waals surface area contributed by atoms with Crippen molar-refractivity contribution in [2.24, 2.45) is 0 Å². The molecule has 2 aromatic rings. The molecule has 1 atom stereocenters. The number of carbonyl (C=O) groups is 1. The number of aromatic nitrogens is 3. The van der Waals surface area contributed by atoms with E-state index >= 15 is 0 Å². The van der Waals surface area contributed by atoms with Crippen LogP contribution in [0.15, 0.2) is 29.4 Å². The van der Waals surface area contributed by atoms with E-state index in [1.165, 1.54) is 17.8 Å².